The first kappa shape index (κ1) is 15.6. The van der Waals surface area contributed by atoms with Gasteiger partial charge < -0.3 is 10.5 Å². The lowest BCUT2D eigenvalue weighted by molar-refractivity contribution is 0.0544. The number of hydrogen-bond donors (Lipinski definition) is 1. The van der Waals surface area contributed by atoms with Crippen LogP contribution in [-0.2, 0) is 11.2 Å². The van der Waals surface area contributed by atoms with Gasteiger partial charge >= 0.3 is 6.09 Å². The Morgan fingerprint density at radius 1 is 1.33 bits per heavy atom. The van der Waals surface area contributed by atoms with Crippen molar-refractivity contribution in [3.63, 3.8) is 0 Å². The Hall–Kier alpha value is -1.81. The lowest BCUT2D eigenvalue weighted by Crippen LogP contribution is -2.26. The summed E-state index contributed by atoms with van der Waals surface area (Å²) in [7, 11) is 0. The first-order valence-electron chi connectivity index (χ1n) is 7.39. The molecule has 2 rings (SSSR count). The van der Waals surface area contributed by atoms with Gasteiger partial charge in [-0.15, -0.1) is 0 Å². The lowest BCUT2D eigenvalue weighted by Gasteiger charge is -2.19. The molecule has 0 amide bonds. The average molecular weight is 288 g/mol. The van der Waals surface area contributed by atoms with Crippen LogP contribution in [0.4, 0.5) is 4.79 Å². The van der Waals surface area contributed by atoms with Gasteiger partial charge in [0.1, 0.15) is 5.60 Å². The lowest BCUT2D eigenvalue weighted by atomic mass is 10.0. The standard InChI is InChI=1S/C17H24N2O2/c1-5-13(18)10-12-11-19(16(20)21-17(2,3)4)15-9-7-6-8-14(12)15/h6-9,11,13H,5,10,18H2,1-4H3/t13-/m0/s1. The van der Waals surface area contributed by atoms with E-state index in [0.717, 1.165) is 29.3 Å². The molecule has 114 valence electrons. The van der Waals surface area contributed by atoms with Crippen molar-refractivity contribution in [1.29, 1.82) is 0 Å². The van der Waals surface area contributed by atoms with Crippen LogP contribution in [0, 0.1) is 0 Å². The van der Waals surface area contributed by atoms with E-state index < -0.39 is 5.60 Å². The molecule has 0 aliphatic rings. The molecule has 0 saturated carbocycles. The minimum atomic E-state index is -0.511. The summed E-state index contributed by atoms with van der Waals surface area (Å²) in [5.74, 6) is 0. The summed E-state index contributed by atoms with van der Waals surface area (Å²) in [6.45, 7) is 7.66. The molecule has 0 bridgehead atoms. The van der Waals surface area contributed by atoms with Crippen molar-refractivity contribution >= 4 is 17.0 Å². The van der Waals surface area contributed by atoms with Crippen molar-refractivity contribution in [3.8, 4) is 0 Å². The quantitative estimate of drug-likeness (QED) is 0.936. The highest BCUT2D eigenvalue weighted by Crippen LogP contribution is 2.24. The van der Waals surface area contributed by atoms with Crippen LogP contribution in [0.15, 0.2) is 30.5 Å². The van der Waals surface area contributed by atoms with Gasteiger partial charge in [0, 0.05) is 17.6 Å². The van der Waals surface area contributed by atoms with E-state index in [0.29, 0.717) is 0 Å². The summed E-state index contributed by atoms with van der Waals surface area (Å²) < 4.78 is 7.05. The maximum Gasteiger partial charge on any atom is 0.419 e. The summed E-state index contributed by atoms with van der Waals surface area (Å²) >= 11 is 0. The van der Waals surface area contributed by atoms with Crippen LogP contribution < -0.4 is 5.73 Å². The van der Waals surface area contributed by atoms with Gasteiger partial charge in [-0.2, -0.15) is 0 Å². The zero-order valence-electron chi connectivity index (χ0n) is 13.2. The van der Waals surface area contributed by atoms with Crippen LogP contribution in [0.1, 0.15) is 39.7 Å². The molecule has 2 aromatic rings. The van der Waals surface area contributed by atoms with E-state index in [1.165, 1.54) is 0 Å². The van der Waals surface area contributed by atoms with E-state index in [-0.39, 0.29) is 12.1 Å². The second-order valence-electron chi connectivity index (χ2n) is 6.39. The van der Waals surface area contributed by atoms with Gasteiger partial charge in [0.2, 0.25) is 0 Å². The fourth-order valence-corrected chi connectivity index (χ4v) is 2.30. The molecule has 0 aliphatic carbocycles. The third-order valence-corrected chi connectivity index (χ3v) is 3.39. The van der Waals surface area contributed by atoms with Gasteiger partial charge in [0.25, 0.3) is 0 Å². The molecule has 1 aromatic carbocycles. The highest BCUT2D eigenvalue weighted by Gasteiger charge is 2.20. The fraction of sp³-hybridized carbons (Fsp3) is 0.471. The van der Waals surface area contributed by atoms with Crippen molar-refractivity contribution in [3.05, 3.63) is 36.0 Å². The van der Waals surface area contributed by atoms with Gasteiger partial charge in [0.15, 0.2) is 0 Å². The molecule has 1 aromatic heterocycles. The number of benzene rings is 1. The largest absolute Gasteiger partial charge is 0.443 e. The monoisotopic (exact) mass is 288 g/mol. The molecule has 1 heterocycles. The van der Waals surface area contributed by atoms with E-state index >= 15 is 0 Å². The Kier molecular flexibility index (Phi) is 4.37. The number of nitrogens with zero attached hydrogens (tertiary/aromatic N) is 1. The van der Waals surface area contributed by atoms with Crippen LogP contribution in [0.2, 0.25) is 0 Å². The van der Waals surface area contributed by atoms with Crippen LogP contribution in [0.3, 0.4) is 0 Å². The second kappa shape index (κ2) is 5.90. The summed E-state index contributed by atoms with van der Waals surface area (Å²) in [4.78, 5) is 12.4. The molecule has 0 saturated heterocycles. The Labute approximate surface area is 125 Å². The van der Waals surface area contributed by atoms with Crippen LogP contribution in [0.25, 0.3) is 10.9 Å². The topological polar surface area (TPSA) is 57.2 Å². The zero-order chi connectivity index (χ0) is 15.6. The molecule has 21 heavy (non-hydrogen) atoms. The smallest absolute Gasteiger partial charge is 0.419 e. The van der Waals surface area contributed by atoms with Crippen molar-refractivity contribution in [2.24, 2.45) is 5.73 Å². The number of rotatable bonds is 3. The minimum absolute atomic E-state index is 0.0999. The molecule has 4 heteroatoms. The number of hydrogen-bond acceptors (Lipinski definition) is 3. The van der Waals surface area contributed by atoms with E-state index in [9.17, 15) is 4.79 Å². The highest BCUT2D eigenvalue weighted by molar-refractivity contribution is 5.92. The van der Waals surface area contributed by atoms with E-state index in [1.54, 1.807) is 4.57 Å². The summed E-state index contributed by atoms with van der Waals surface area (Å²) in [5, 5.41) is 1.06. The number of carbonyl (C=O) groups is 1. The van der Waals surface area contributed by atoms with E-state index in [2.05, 4.69) is 6.92 Å². The molecule has 2 N–H and O–H groups in total. The van der Waals surface area contributed by atoms with Crippen LogP contribution in [-0.4, -0.2) is 22.3 Å². The molecule has 4 nitrogen and oxygen atoms in total. The zero-order valence-corrected chi connectivity index (χ0v) is 13.2. The average Bonchev–Trinajstić information content (AvgIpc) is 2.76. The number of aromatic nitrogens is 1. The Morgan fingerprint density at radius 3 is 2.62 bits per heavy atom. The predicted octanol–water partition coefficient (Wildman–Crippen LogP) is 3.70. The molecule has 0 fully saturated rings. The minimum Gasteiger partial charge on any atom is -0.443 e. The molecule has 1 atom stereocenters. The summed E-state index contributed by atoms with van der Waals surface area (Å²) in [6.07, 6.45) is 3.17. The number of ether oxygens (including phenoxy) is 1. The SMILES string of the molecule is CC[C@H](N)Cc1cn(C(=O)OC(C)(C)C)c2ccccc12. The first-order valence-corrected chi connectivity index (χ1v) is 7.39. The van der Waals surface area contributed by atoms with Gasteiger partial charge in [-0.05, 0) is 45.2 Å². The number of carbonyl (C=O) groups excluding carboxylic acids is 1. The molecule has 0 unspecified atom stereocenters. The van der Waals surface area contributed by atoms with Gasteiger partial charge in [-0.3, -0.25) is 4.57 Å². The fourth-order valence-electron chi connectivity index (χ4n) is 2.30. The van der Waals surface area contributed by atoms with Crippen molar-refractivity contribution in [2.45, 2.75) is 52.2 Å². The third kappa shape index (κ3) is 3.64. The maximum absolute atomic E-state index is 12.4. The molecule has 0 spiro atoms. The molecule has 0 radical (unpaired) electrons. The maximum atomic E-state index is 12.4. The summed E-state index contributed by atoms with van der Waals surface area (Å²) in [5.41, 5.74) is 7.50. The van der Waals surface area contributed by atoms with E-state index in [4.69, 9.17) is 10.5 Å². The van der Waals surface area contributed by atoms with Gasteiger partial charge in [0.05, 0.1) is 5.52 Å². The normalized spacial score (nSPS) is 13.4. The second-order valence-corrected chi connectivity index (χ2v) is 6.39. The number of nitrogens with two attached hydrogens (primary N) is 1. The van der Waals surface area contributed by atoms with E-state index in [1.807, 2.05) is 51.2 Å². The predicted molar refractivity (Wildman–Crippen MR) is 85.5 cm³/mol. The Morgan fingerprint density at radius 2 is 2.00 bits per heavy atom. The Balaban J connectivity index is 2.42. The van der Waals surface area contributed by atoms with Crippen molar-refractivity contribution in [1.82, 2.24) is 4.57 Å². The van der Waals surface area contributed by atoms with Gasteiger partial charge in [-0.25, -0.2) is 4.79 Å². The number of para-hydroxylation sites is 1. The van der Waals surface area contributed by atoms with Crippen molar-refractivity contribution in [2.75, 3.05) is 0 Å². The van der Waals surface area contributed by atoms with Crippen LogP contribution >= 0.6 is 0 Å². The summed E-state index contributed by atoms with van der Waals surface area (Å²) in [6, 6.07) is 7.95. The molecular formula is C17H24N2O2. The first-order chi connectivity index (χ1) is 9.81. The highest BCUT2D eigenvalue weighted by atomic mass is 16.6. The third-order valence-electron chi connectivity index (χ3n) is 3.39. The number of fused-ring (bicyclic) bond motifs is 1. The Bertz CT molecular complexity index is 638. The van der Waals surface area contributed by atoms with Crippen LogP contribution in [0.5, 0.6) is 0 Å². The van der Waals surface area contributed by atoms with Crippen molar-refractivity contribution < 1.29 is 9.53 Å². The van der Waals surface area contributed by atoms with Gasteiger partial charge in [-0.1, -0.05) is 25.1 Å². The molecular weight excluding hydrogens is 264 g/mol. The molecule has 0 aliphatic heterocycles.